The third kappa shape index (κ3) is 4.83. The first-order valence-corrected chi connectivity index (χ1v) is 8.20. The molecule has 21 heavy (non-hydrogen) atoms. The molecule has 4 nitrogen and oxygen atoms in total. The summed E-state index contributed by atoms with van der Waals surface area (Å²) >= 11 is 0. The zero-order chi connectivity index (χ0) is 15.4. The topological polar surface area (TPSA) is 31.6 Å². The van der Waals surface area contributed by atoms with Gasteiger partial charge in [0.25, 0.3) is 0 Å². The highest BCUT2D eigenvalue weighted by molar-refractivity contribution is 5.20. The molecule has 1 unspecified atom stereocenters. The van der Waals surface area contributed by atoms with E-state index in [1.807, 2.05) is 0 Å². The summed E-state index contributed by atoms with van der Waals surface area (Å²) in [5.74, 6) is 2.18. The molecule has 1 aromatic heterocycles. The average molecular weight is 293 g/mol. The van der Waals surface area contributed by atoms with Crippen molar-refractivity contribution in [1.29, 1.82) is 0 Å². The zero-order valence-electron chi connectivity index (χ0n) is 14.3. The second-order valence-corrected chi connectivity index (χ2v) is 6.79. The Bertz CT molecular complexity index is 441. The van der Waals surface area contributed by atoms with Crippen molar-refractivity contribution in [3.8, 4) is 0 Å². The fraction of sp³-hybridized carbons (Fsp3) is 0.765. The van der Waals surface area contributed by atoms with Crippen molar-refractivity contribution >= 4 is 0 Å². The standard InChI is InChI=1S/C17H31N3O/c1-13(2)18-10-17-14(3)9-16(21-17)12-20-8-6-7-19(5)11-15(20)4/h9,13,15,18H,6-8,10-12H2,1-5H3. The summed E-state index contributed by atoms with van der Waals surface area (Å²) < 4.78 is 6.07. The van der Waals surface area contributed by atoms with Crippen molar-refractivity contribution in [2.45, 2.75) is 59.3 Å². The van der Waals surface area contributed by atoms with Crippen molar-refractivity contribution < 1.29 is 4.42 Å². The monoisotopic (exact) mass is 293 g/mol. The molecular weight excluding hydrogens is 262 g/mol. The van der Waals surface area contributed by atoms with E-state index >= 15 is 0 Å². The van der Waals surface area contributed by atoms with Crippen LogP contribution < -0.4 is 5.32 Å². The Morgan fingerprint density at radius 2 is 2.14 bits per heavy atom. The van der Waals surface area contributed by atoms with Gasteiger partial charge < -0.3 is 14.6 Å². The molecule has 0 bridgehead atoms. The lowest BCUT2D eigenvalue weighted by Gasteiger charge is -2.26. The Balaban J connectivity index is 1.97. The number of hydrogen-bond donors (Lipinski definition) is 1. The van der Waals surface area contributed by atoms with Gasteiger partial charge >= 0.3 is 0 Å². The highest BCUT2D eigenvalue weighted by atomic mass is 16.3. The van der Waals surface area contributed by atoms with E-state index in [1.165, 1.54) is 18.5 Å². The lowest BCUT2D eigenvalue weighted by Crippen LogP contribution is -2.37. The van der Waals surface area contributed by atoms with Crippen molar-refractivity contribution in [1.82, 2.24) is 15.1 Å². The van der Waals surface area contributed by atoms with E-state index in [0.29, 0.717) is 12.1 Å². The van der Waals surface area contributed by atoms with E-state index in [9.17, 15) is 0 Å². The highest BCUT2D eigenvalue weighted by Crippen LogP contribution is 2.19. The quantitative estimate of drug-likeness (QED) is 0.904. The van der Waals surface area contributed by atoms with Crippen LogP contribution in [-0.2, 0) is 13.1 Å². The summed E-state index contributed by atoms with van der Waals surface area (Å²) in [6.07, 6.45) is 1.24. The van der Waals surface area contributed by atoms with Crippen molar-refractivity contribution in [3.63, 3.8) is 0 Å². The lowest BCUT2D eigenvalue weighted by atomic mass is 10.2. The van der Waals surface area contributed by atoms with Gasteiger partial charge in [-0.25, -0.2) is 0 Å². The molecule has 1 fully saturated rings. The average Bonchev–Trinajstić information content (AvgIpc) is 2.66. The fourth-order valence-corrected chi connectivity index (χ4v) is 3.00. The van der Waals surface area contributed by atoms with Gasteiger partial charge in [-0.05, 0) is 45.5 Å². The Kier molecular flexibility index (Phi) is 5.85. The molecule has 1 atom stereocenters. The van der Waals surface area contributed by atoms with E-state index in [4.69, 9.17) is 4.42 Å². The molecule has 0 saturated carbocycles. The number of hydrogen-bond acceptors (Lipinski definition) is 4. The maximum Gasteiger partial charge on any atom is 0.120 e. The minimum Gasteiger partial charge on any atom is -0.463 e. The second kappa shape index (κ2) is 7.43. The summed E-state index contributed by atoms with van der Waals surface area (Å²) in [6, 6.07) is 3.28. The summed E-state index contributed by atoms with van der Waals surface area (Å²) in [4.78, 5) is 4.97. The van der Waals surface area contributed by atoms with Gasteiger partial charge in [0.2, 0.25) is 0 Å². The summed E-state index contributed by atoms with van der Waals surface area (Å²) in [6.45, 7) is 14.0. The highest BCUT2D eigenvalue weighted by Gasteiger charge is 2.21. The largest absolute Gasteiger partial charge is 0.463 e. The molecule has 120 valence electrons. The summed E-state index contributed by atoms with van der Waals surface area (Å²) in [7, 11) is 2.22. The Labute approximate surface area is 129 Å². The van der Waals surface area contributed by atoms with Crippen LogP contribution in [-0.4, -0.2) is 48.6 Å². The van der Waals surface area contributed by atoms with E-state index < -0.39 is 0 Å². The van der Waals surface area contributed by atoms with Crippen LogP contribution in [0, 0.1) is 6.92 Å². The Hall–Kier alpha value is -0.840. The molecule has 1 aliphatic heterocycles. The number of aryl methyl sites for hydroxylation is 1. The van der Waals surface area contributed by atoms with Crippen LogP contribution >= 0.6 is 0 Å². The minimum absolute atomic E-state index is 0.485. The molecule has 1 N–H and O–H groups in total. The molecule has 0 spiro atoms. The van der Waals surface area contributed by atoms with Crippen molar-refractivity contribution in [2.24, 2.45) is 0 Å². The van der Waals surface area contributed by atoms with Crippen LogP contribution in [0.1, 0.15) is 44.3 Å². The Morgan fingerprint density at radius 1 is 1.38 bits per heavy atom. The predicted molar refractivity (Wildman–Crippen MR) is 87.4 cm³/mol. The molecule has 1 aromatic rings. The molecule has 0 aliphatic carbocycles. The minimum atomic E-state index is 0.485. The smallest absolute Gasteiger partial charge is 0.120 e. The summed E-state index contributed by atoms with van der Waals surface area (Å²) in [5.41, 5.74) is 1.26. The van der Waals surface area contributed by atoms with Gasteiger partial charge in [-0.15, -0.1) is 0 Å². The molecule has 0 aromatic carbocycles. The maximum atomic E-state index is 6.07. The number of furan rings is 1. The third-order valence-corrected chi connectivity index (χ3v) is 4.29. The van der Waals surface area contributed by atoms with Gasteiger partial charge in [-0.3, -0.25) is 4.90 Å². The molecule has 2 heterocycles. The van der Waals surface area contributed by atoms with Gasteiger partial charge in [0.15, 0.2) is 0 Å². The van der Waals surface area contributed by atoms with Gasteiger partial charge in [-0.1, -0.05) is 13.8 Å². The van der Waals surface area contributed by atoms with E-state index in [0.717, 1.165) is 37.7 Å². The molecule has 1 saturated heterocycles. The van der Waals surface area contributed by atoms with Crippen LogP contribution in [0.15, 0.2) is 10.5 Å². The second-order valence-electron chi connectivity index (χ2n) is 6.79. The van der Waals surface area contributed by atoms with Crippen LogP contribution in [0.4, 0.5) is 0 Å². The SMILES string of the molecule is Cc1cc(CN2CCCN(C)CC2C)oc1CNC(C)C. The van der Waals surface area contributed by atoms with Gasteiger partial charge in [0.05, 0.1) is 13.1 Å². The molecule has 0 amide bonds. The molecule has 0 radical (unpaired) electrons. The maximum absolute atomic E-state index is 6.07. The predicted octanol–water partition coefficient (Wildman–Crippen LogP) is 2.61. The van der Waals surface area contributed by atoms with E-state index in [-0.39, 0.29) is 0 Å². The van der Waals surface area contributed by atoms with Crippen LogP contribution in [0.3, 0.4) is 0 Å². The number of rotatable bonds is 5. The molecule has 1 aliphatic rings. The van der Waals surface area contributed by atoms with E-state index in [1.54, 1.807) is 0 Å². The van der Waals surface area contributed by atoms with Gasteiger partial charge in [0, 0.05) is 25.2 Å². The number of nitrogens with one attached hydrogen (secondary N) is 1. The van der Waals surface area contributed by atoms with Crippen molar-refractivity contribution in [3.05, 3.63) is 23.2 Å². The van der Waals surface area contributed by atoms with E-state index in [2.05, 4.69) is 55.9 Å². The van der Waals surface area contributed by atoms with Gasteiger partial charge in [0.1, 0.15) is 11.5 Å². The first-order chi connectivity index (χ1) is 9.95. The van der Waals surface area contributed by atoms with Crippen molar-refractivity contribution in [2.75, 3.05) is 26.7 Å². The van der Waals surface area contributed by atoms with Crippen LogP contribution in [0.5, 0.6) is 0 Å². The zero-order valence-corrected chi connectivity index (χ0v) is 14.3. The first-order valence-electron chi connectivity index (χ1n) is 8.20. The third-order valence-electron chi connectivity index (χ3n) is 4.29. The molecular formula is C17H31N3O. The number of nitrogens with zero attached hydrogens (tertiary/aromatic N) is 2. The van der Waals surface area contributed by atoms with Crippen LogP contribution in [0.25, 0.3) is 0 Å². The molecule has 2 rings (SSSR count). The van der Waals surface area contributed by atoms with Crippen LogP contribution in [0.2, 0.25) is 0 Å². The van der Waals surface area contributed by atoms with Gasteiger partial charge in [-0.2, -0.15) is 0 Å². The fourth-order valence-electron chi connectivity index (χ4n) is 3.00. The Morgan fingerprint density at radius 3 is 2.86 bits per heavy atom. The first kappa shape index (κ1) is 16.5. The lowest BCUT2D eigenvalue weighted by molar-refractivity contribution is 0.180. The number of likely N-dealkylation sites (N-methyl/N-ethyl adjacent to an activating group) is 1. The summed E-state index contributed by atoms with van der Waals surface area (Å²) in [5, 5.41) is 3.43. The normalized spacial score (nSPS) is 21.9. The molecule has 4 heteroatoms.